The number of benzene rings is 1. The van der Waals surface area contributed by atoms with Crippen molar-refractivity contribution in [3.63, 3.8) is 0 Å². The number of unbranched alkanes of at least 4 members (excludes halogenated alkanes) is 5. The van der Waals surface area contributed by atoms with E-state index in [9.17, 15) is 8.78 Å². The van der Waals surface area contributed by atoms with Crippen LogP contribution in [-0.4, -0.2) is 15.0 Å². The van der Waals surface area contributed by atoms with Crippen LogP contribution in [0.2, 0.25) is 0 Å². The fourth-order valence-corrected chi connectivity index (χ4v) is 3.32. The van der Waals surface area contributed by atoms with Crippen LogP contribution in [0, 0.1) is 18.6 Å². The molecule has 2 heterocycles. The Morgan fingerprint density at radius 1 is 0.724 bits per heavy atom. The van der Waals surface area contributed by atoms with Crippen molar-refractivity contribution in [2.75, 3.05) is 0 Å². The summed E-state index contributed by atoms with van der Waals surface area (Å²) in [5.74, 6) is -1.09. The molecule has 3 aromatic rings. The van der Waals surface area contributed by atoms with Gasteiger partial charge in [0.05, 0.1) is 0 Å². The van der Waals surface area contributed by atoms with Gasteiger partial charge in [-0.3, -0.25) is 4.98 Å². The fraction of sp³-hybridized carbons (Fsp3) is 0.375. The summed E-state index contributed by atoms with van der Waals surface area (Å²) in [6, 6.07) is 7.06. The largest absolute Gasteiger partial charge is 0.261 e. The quantitative estimate of drug-likeness (QED) is 0.379. The topological polar surface area (TPSA) is 38.7 Å². The van der Waals surface area contributed by atoms with Crippen LogP contribution in [0.5, 0.6) is 0 Å². The van der Waals surface area contributed by atoms with Crippen LogP contribution in [-0.2, 0) is 6.42 Å². The Morgan fingerprint density at radius 2 is 1.41 bits per heavy atom. The van der Waals surface area contributed by atoms with Crippen LogP contribution in [0.4, 0.5) is 8.78 Å². The lowest BCUT2D eigenvalue weighted by Gasteiger charge is -2.09. The highest BCUT2D eigenvalue weighted by atomic mass is 19.2. The van der Waals surface area contributed by atoms with Crippen molar-refractivity contribution in [3.05, 3.63) is 65.7 Å². The molecule has 0 unspecified atom stereocenters. The third kappa shape index (κ3) is 5.43. The first-order chi connectivity index (χ1) is 14.1. The van der Waals surface area contributed by atoms with Gasteiger partial charge in [0.25, 0.3) is 0 Å². The minimum atomic E-state index is -0.832. The molecule has 0 atom stereocenters. The molecule has 3 nitrogen and oxygen atoms in total. The lowest BCUT2D eigenvalue weighted by molar-refractivity contribution is 0.497. The zero-order chi connectivity index (χ0) is 20.6. The Labute approximate surface area is 171 Å². The van der Waals surface area contributed by atoms with Gasteiger partial charge in [-0.15, -0.1) is 0 Å². The molecule has 1 aromatic carbocycles. The number of nitrogens with zero attached hydrogens (tertiary/aromatic N) is 3. The third-order valence-corrected chi connectivity index (χ3v) is 5.09. The standard InChI is InChI=1S/C24H27F2N3/c1-3-4-5-6-7-8-9-18-12-13-21(23(26)22(18)25)20-15-28-24(29-16-20)19-11-10-17(2)27-14-19/h10-16H,3-9H2,1-2H3. The number of pyridine rings is 1. The molecule has 0 radical (unpaired) electrons. The summed E-state index contributed by atoms with van der Waals surface area (Å²) in [6.07, 6.45) is 12.0. The van der Waals surface area contributed by atoms with Gasteiger partial charge in [0.2, 0.25) is 0 Å². The van der Waals surface area contributed by atoms with Crippen LogP contribution in [0.3, 0.4) is 0 Å². The predicted octanol–water partition coefficient (Wildman–Crippen LogP) is 6.70. The third-order valence-electron chi connectivity index (χ3n) is 5.09. The maximum absolute atomic E-state index is 14.7. The van der Waals surface area contributed by atoms with Crippen LogP contribution < -0.4 is 0 Å². The van der Waals surface area contributed by atoms with Gasteiger partial charge >= 0.3 is 0 Å². The molecule has 0 N–H and O–H groups in total. The van der Waals surface area contributed by atoms with E-state index < -0.39 is 11.6 Å². The number of hydrogen-bond donors (Lipinski definition) is 0. The molecule has 0 aliphatic heterocycles. The van der Waals surface area contributed by atoms with Gasteiger partial charge in [0, 0.05) is 41.0 Å². The minimum Gasteiger partial charge on any atom is -0.261 e. The van der Waals surface area contributed by atoms with Crippen molar-refractivity contribution in [2.24, 2.45) is 0 Å². The second-order valence-electron chi connectivity index (χ2n) is 7.40. The number of aryl methyl sites for hydroxylation is 2. The van der Waals surface area contributed by atoms with E-state index in [2.05, 4.69) is 21.9 Å². The Kier molecular flexibility index (Phi) is 7.39. The van der Waals surface area contributed by atoms with Crippen LogP contribution in [0.15, 0.2) is 42.9 Å². The highest BCUT2D eigenvalue weighted by Crippen LogP contribution is 2.27. The molecule has 0 fully saturated rings. The SMILES string of the molecule is CCCCCCCCc1ccc(-c2cnc(-c3ccc(C)nc3)nc2)c(F)c1F. The molecule has 0 bridgehead atoms. The predicted molar refractivity (Wildman–Crippen MR) is 112 cm³/mol. The monoisotopic (exact) mass is 395 g/mol. The first-order valence-electron chi connectivity index (χ1n) is 10.3. The van der Waals surface area contributed by atoms with E-state index in [-0.39, 0.29) is 5.56 Å². The van der Waals surface area contributed by atoms with Crippen LogP contribution in [0.25, 0.3) is 22.5 Å². The molecule has 2 aromatic heterocycles. The molecule has 5 heteroatoms. The summed E-state index contributed by atoms with van der Waals surface area (Å²) in [4.78, 5) is 12.8. The summed E-state index contributed by atoms with van der Waals surface area (Å²) in [5, 5.41) is 0. The van der Waals surface area contributed by atoms with Gasteiger partial charge in [0.15, 0.2) is 17.5 Å². The van der Waals surface area contributed by atoms with E-state index in [0.717, 1.165) is 30.5 Å². The summed E-state index contributed by atoms with van der Waals surface area (Å²) in [6.45, 7) is 4.08. The molecule has 0 aliphatic carbocycles. The Hall–Kier alpha value is -2.69. The van der Waals surface area contributed by atoms with E-state index >= 15 is 0 Å². The molecular weight excluding hydrogens is 368 g/mol. The summed E-state index contributed by atoms with van der Waals surface area (Å²) < 4.78 is 29.2. The lowest BCUT2D eigenvalue weighted by Crippen LogP contribution is -1.99. The van der Waals surface area contributed by atoms with Gasteiger partial charge in [-0.2, -0.15) is 0 Å². The molecule has 0 saturated heterocycles. The van der Waals surface area contributed by atoms with Gasteiger partial charge in [0.1, 0.15) is 0 Å². The molecule has 29 heavy (non-hydrogen) atoms. The summed E-state index contributed by atoms with van der Waals surface area (Å²) >= 11 is 0. The number of hydrogen-bond acceptors (Lipinski definition) is 3. The van der Waals surface area contributed by atoms with Crippen LogP contribution >= 0.6 is 0 Å². The van der Waals surface area contributed by atoms with Crippen molar-refractivity contribution >= 4 is 0 Å². The first-order valence-corrected chi connectivity index (χ1v) is 10.3. The average Bonchev–Trinajstić information content (AvgIpc) is 2.74. The van der Waals surface area contributed by atoms with E-state index in [1.54, 1.807) is 18.3 Å². The summed E-state index contributed by atoms with van der Waals surface area (Å²) in [7, 11) is 0. The van der Waals surface area contributed by atoms with Crippen molar-refractivity contribution in [3.8, 4) is 22.5 Å². The average molecular weight is 395 g/mol. The molecule has 0 saturated carbocycles. The lowest BCUT2D eigenvalue weighted by atomic mass is 10.0. The van der Waals surface area contributed by atoms with Crippen molar-refractivity contribution in [1.29, 1.82) is 0 Å². The number of aromatic nitrogens is 3. The molecule has 152 valence electrons. The molecule has 0 aliphatic rings. The Morgan fingerprint density at radius 3 is 2.10 bits per heavy atom. The summed E-state index contributed by atoms with van der Waals surface area (Å²) in [5.41, 5.74) is 2.76. The van der Waals surface area contributed by atoms with Gasteiger partial charge < -0.3 is 0 Å². The van der Waals surface area contributed by atoms with Gasteiger partial charge in [-0.25, -0.2) is 18.7 Å². The second-order valence-corrected chi connectivity index (χ2v) is 7.40. The Balaban J connectivity index is 1.69. The maximum atomic E-state index is 14.7. The molecular formula is C24H27F2N3. The van der Waals surface area contributed by atoms with Crippen LogP contribution in [0.1, 0.15) is 56.7 Å². The Bertz CT molecular complexity index is 922. The maximum Gasteiger partial charge on any atom is 0.167 e. The highest BCUT2D eigenvalue weighted by Gasteiger charge is 2.15. The van der Waals surface area contributed by atoms with E-state index in [0.29, 0.717) is 23.4 Å². The minimum absolute atomic E-state index is 0.183. The molecule has 3 rings (SSSR count). The van der Waals surface area contributed by atoms with Crippen molar-refractivity contribution in [2.45, 2.75) is 58.8 Å². The van der Waals surface area contributed by atoms with E-state index in [1.807, 2.05) is 19.1 Å². The first kappa shape index (κ1) is 21.0. The smallest absolute Gasteiger partial charge is 0.167 e. The van der Waals surface area contributed by atoms with Crippen molar-refractivity contribution in [1.82, 2.24) is 15.0 Å². The fourth-order valence-electron chi connectivity index (χ4n) is 3.32. The van der Waals surface area contributed by atoms with Gasteiger partial charge in [-0.1, -0.05) is 51.2 Å². The highest BCUT2D eigenvalue weighted by molar-refractivity contribution is 5.64. The van der Waals surface area contributed by atoms with E-state index in [4.69, 9.17) is 0 Å². The van der Waals surface area contributed by atoms with Gasteiger partial charge in [-0.05, 0) is 37.5 Å². The normalized spacial score (nSPS) is 11.0. The zero-order valence-corrected chi connectivity index (χ0v) is 17.1. The number of halogens is 2. The zero-order valence-electron chi connectivity index (χ0n) is 17.1. The van der Waals surface area contributed by atoms with Crippen molar-refractivity contribution < 1.29 is 8.78 Å². The molecule has 0 spiro atoms. The second kappa shape index (κ2) is 10.2. The van der Waals surface area contributed by atoms with E-state index in [1.165, 1.54) is 31.7 Å². The molecule has 0 amide bonds. The number of rotatable bonds is 9.